The maximum atomic E-state index is 12.4. The molecule has 3 N–H and O–H groups in total. The van der Waals surface area contributed by atoms with Crippen LogP contribution in [0.3, 0.4) is 0 Å². The van der Waals surface area contributed by atoms with Crippen LogP contribution < -0.4 is 11.1 Å². The molecule has 0 spiro atoms. The van der Waals surface area contributed by atoms with E-state index in [1.54, 1.807) is 7.11 Å². The molecule has 0 aromatic rings. The lowest BCUT2D eigenvalue weighted by Crippen LogP contribution is -2.52. The molecule has 20 heavy (non-hydrogen) atoms. The Bertz CT molecular complexity index is 305. The summed E-state index contributed by atoms with van der Waals surface area (Å²) >= 11 is 0. The zero-order valence-electron chi connectivity index (χ0n) is 13.0. The number of carbonyl (C=O) groups is 1. The maximum Gasteiger partial charge on any atom is 0.227 e. The van der Waals surface area contributed by atoms with E-state index in [4.69, 9.17) is 15.2 Å². The van der Waals surface area contributed by atoms with Gasteiger partial charge in [0.1, 0.15) is 0 Å². The SMILES string of the molecule is COC(C)(C)CC(C)NC(=O)C1(CN)CCOCC1.Cl. The molecule has 1 aliphatic heterocycles. The van der Waals surface area contributed by atoms with Gasteiger partial charge in [0.15, 0.2) is 0 Å². The summed E-state index contributed by atoms with van der Waals surface area (Å²) in [6.45, 7) is 7.64. The molecule has 0 aromatic heterocycles. The number of nitrogens with one attached hydrogen (secondary N) is 1. The first kappa shape index (κ1) is 19.6. The molecule has 1 heterocycles. The van der Waals surface area contributed by atoms with Crippen molar-refractivity contribution >= 4 is 18.3 Å². The summed E-state index contributed by atoms with van der Waals surface area (Å²) in [6.07, 6.45) is 2.18. The average Bonchev–Trinajstić information content (AvgIpc) is 2.38. The third-order valence-corrected chi connectivity index (χ3v) is 4.05. The number of rotatable bonds is 6. The van der Waals surface area contributed by atoms with E-state index in [1.807, 2.05) is 20.8 Å². The lowest BCUT2D eigenvalue weighted by molar-refractivity contribution is -0.137. The molecule has 1 saturated heterocycles. The Morgan fingerprint density at radius 1 is 1.45 bits per heavy atom. The topological polar surface area (TPSA) is 73.6 Å². The van der Waals surface area contributed by atoms with Crippen LogP contribution >= 0.6 is 12.4 Å². The number of carbonyl (C=O) groups excluding carboxylic acids is 1. The highest BCUT2D eigenvalue weighted by molar-refractivity contribution is 5.85. The van der Waals surface area contributed by atoms with E-state index >= 15 is 0 Å². The highest BCUT2D eigenvalue weighted by atomic mass is 35.5. The van der Waals surface area contributed by atoms with Gasteiger partial charge in [-0.3, -0.25) is 4.79 Å². The molecular weight excluding hydrogens is 280 g/mol. The second kappa shape index (κ2) is 8.17. The number of amides is 1. The maximum absolute atomic E-state index is 12.4. The van der Waals surface area contributed by atoms with Crippen LogP contribution in [0.15, 0.2) is 0 Å². The normalized spacial score (nSPS) is 19.9. The first-order valence-corrected chi connectivity index (χ1v) is 6.99. The third kappa shape index (κ3) is 5.20. The van der Waals surface area contributed by atoms with Crippen molar-refractivity contribution in [3.63, 3.8) is 0 Å². The Kier molecular flexibility index (Phi) is 8.03. The van der Waals surface area contributed by atoms with Crippen LogP contribution in [0, 0.1) is 5.41 Å². The van der Waals surface area contributed by atoms with Crippen LogP contribution in [0.4, 0.5) is 0 Å². The molecule has 1 unspecified atom stereocenters. The molecule has 1 rings (SSSR count). The highest BCUT2D eigenvalue weighted by Crippen LogP contribution is 2.30. The summed E-state index contributed by atoms with van der Waals surface area (Å²) in [5.74, 6) is 0.0534. The molecule has 1 fully saturated rings. The smallest absolute Gasteiger partial charge is 0.227 e. The standard InChI is InChI=1S/C14H28N2O3.ClH/c1-11(9-13(2,3)18-4)16-12(17)14(10-15)5-7-19-8-6-14;/h11H,5-10,15H2,1-4H3,(H,16,17);1H. The first-order valence-electron chi connectivity index (χ1n) is 6.99. The first-order chi connectivity index (χ1) is 8.85. The second-order valence-electron chi connectivity index (χ2n) is 6.14. The van der Waals surface area contributed by atoms with Crippen LogP contribution in [-0.2, 0) is 14.3 Å². The van der Waals surface area contributed by atoms with Gasteiger partial charge in [0.25, 0.3) is 0 Å². The van der Waals surface area contributed by atoms with Gasteiger partial charge < -0.3 is 20.5 Å². The summed E-state index contributed by atoms with van der Waals surface area (Å²) in [5, 5.41) is 3.08. The van der Waals surface area contributed by atoms with E-state index in [2.05, 4.69) is 5.32 Å². The predicted octanol–water partition coefficient (Wildman–Crippen LogP) is 1.48. The molecule has 1 aliphatic rings. The molecule has 0 aliphatic carbocycles. The number of halogens is 1. The van der Waals surface area contributed by atoms with Crippen LogP contribution in [0.2, 0.25) is 0 Å². The predicted molar refractivity (Wildman–Crippen MR) is 82.1 cm³/mol. The molecule has 120 valence electrons. The van der Waals surface area contributed by atoms with Crippen molar-refractivity contribution in [1.29, 1.82) is 0 Å². The number of hydrogen-bond acceptors (Lipinski definition) is 4. The molecule has 0 saturated carbocycles. The molecule has 0 bridgehead atoms. The number of nitrogens with two attached hydrogens (primary N) is 1. The van der Waals surface area contributed by atoms with E-state index < -0.39 is 5.41 Å². The Morgan fingerprint density at radius 2 is 2.00 bits per heavy atom. The Labute approximate surface area is 128 Å². The monoisotopic (exact) mass is 308 g/mol. The Balaban J connectivity index is 0.00000361. The minimum Gasteiger partial charge on any atom is -0.381 e. The van der Waals surface area contributed by atoms with Gasteiger partial charge >= 0.3 is 0 Å². The van der Waals surface area contributed by atoms with E-state index in [9.17, 15) is 4.79 Å². The highest BCUT2D eigenvalue weighted by Gasteiger charge is 2.39. The Hall–Kier alpha value is -0.360. The minimum absolute atomic E-state index is 0. The van der Waals surface area contributed by atoms with Crippen molar-refractivity contribution < 1.29 is 14.3 Å². The van der Waals surface area contributed by atoms with Crippen molar-refractivity contribution in [2.75, 3.05) is 26.9 Å². The molecule has 6 heteroatoms. The summed E-state index contributed by atoms with van der Waals surface area (Å²) in [4.78, 5) is 12.4. The van der Waals surface area contributed by atoms with Crippen LogP contribution in [0.5, 0.6) is 0 Å². The van der Waals surface area contributed by atoms with Gasteiger partial charge in [0.2, 0.25) is 5.91 Å². The van der Waals surface area contributed by atoms with Crippen molar-refractivity contribution in [3.05, 3.63) is 0 Å². The number of ether oxygens (including phenoxy) is 2. The van der Waals surface area contributed by atoms with Crippen molar-refractivity contribution in [3.8, 4) is 0 Å². The molecule has 0 aromatic carbocycles. The lowest BCUT2D eigenvalue weighted by atomic mass is 9.79. The zero-order chi connectivity index (χ0) is 14.5. The second-order valence-corrected chi connectivity index (χ2v) is 6.14. The van der Waals surface area contributed by atoms with Crippen LogP contribution in [-0.4, -0.2) is 44.4 Å². The van der Waals surface area contributed by atoms with E-state index in [0.717, 1.165) is 6.42 Å². The fraction of sp³-hybridized carbons (Fsp3) is 0.929. The third-order valence-electron chi connectivity index (χ3n) is 4.05. The number of methoxy groups -OCH3 is 1. The van der Waals surface area contributed by atoms with Crippen LogP contribution in [0.25, 0.3) is 0 Å². The Morgan fingerprint density at radius 3 is 2.45 bits per heavy atom. The molecule has 1 atom stereocenters. The van der Waals surface area contributed by atoms with Gasteiger partial charge in [0.05, 0.1) is 11.0 Å². The quantitative estimate of drug-likeness (QED) is 0.779. The van der Waals surface area contributed by atoms with Crippen LogP contribution in [0.1, 0.15) is 40.0 Å². The largest absolute Gasteiger partial charge is 0.381 e. The average molecular weight is 309 g/mol. The van der Waals surface area contributed by atoms with Gasteiger partial charge in [-0.15, -0.1) is 12.4 Å². The number of hydrogen-bond donors (Lipinski definition) is 2. The van der Waals surface area contributed by atoms with E-state index in [1.165, 1.54) is 0 Å². The molecular formula is C14H29ClN2O3. The lowest BCUT2D eigenvalue weighted by Gasteiger charge is -2.36. The fourth-order valence-corrected chi connectivity index (χ4v) is 2.53. The summed E-state index contributed by atoms with van der Waals surface area (Å²) in [5.41, 5.74) is 5.13. The zero-order valence-corrected chi connectivity index (χ0v) is 13.8. The van der Waals surface area contributed by atoms with Gasteiger partial charge in [0, 0.05) is 32.9 Å². The van der Waals surface area contributed by atoms with E-state index in [0.29, 0.717) is 32.6 Å². The fourth-order valence-electron chi connectivity index (χ4n) is 2.53. The summed E-state index contributed by atoms with van der Waals surface area (Å²) < 4.78 is 10.7. The van der Waals surface area contributed by atoms with Gasteiger partial charge in [-0.1, -0.05) is 0 Å². The van der Waals surface area contributed by atoms with Crippen molar-refractivity contribution in [1.82, 2.24) is 5.32 Å². The summed E-state index contributed by atoms with van der Waals surface area (Å²) in [6, 6.07) is 0.0636. The van der Waals surface area contributed by atoms with Gasteiger partial charge in [-0.05, 0) is 40.0 Å². The van der Waals surface area contributed by atoms with Gasteiger partial charge in [-0.2, -0.15) is 0 Å². The molecule has 5 nitrogen and oxygen atoms in total. The summed E-state index contributed by atoms with van der Waals surface area (Å²) in [7, 11) is 1.69. The minimum atomic E-state index is -0.455. The molecule has 1 amide bonds. The van der Waals surface area contributed by atoms with E-state index in [-0.39, 0.29) is 30.0 Å². The van der Waals surface area contributed by atoms with Crippen molar-refractivity contribution in [2.45, 2.75) is 51.7 Å². The van der Waals surface area contributed by atoms with Crippen molar-refractivity contribution in [2.24, 2.45) is 11.1 Å². The molecule has 0 radical (unpaired) electrons. The van der Waals surface area contributed by atoms with Gasteiger partial charge in [-0.25, -0.2) is 0 Å².